The summed E-state index contributed by atoms with van der Waals surface area (Å²) in [5.74, 6) is 0.0697. The van der Waals surface area contributed by atoms with Crippen LogP contribution in [0.3, 0.4) is 0 Å². The lowest BCUT2D eigenvalue weighted by Crippen LogP contribution is -2.23. The van der Waals surface area contributed by atoms with Crippen molar-refractivity contribution in [1.29, 1.82) is 0 Å². The zero-order valence-corrected chi connectivity index (χ0v) is 14.1. The van der Waals surface area contributed by atoms with E-state index in [9.17, 15) is 14.9 Å². The quantitative estimate of drug-likeness (QED) is 0.453. The minimum Gasteiger partial charge on any atom is -0.372 e. The fourth-order valence-electron chi connectivity index (χ4n) is 2.20. The molecule has 1 rings (SSSR count). The summed E-state index contributed by atoms with van der Waals surface area (Å²) in [7, 11) is 0. The molecule has 0 aromatic heterocycles. The third-order valence-corrected chi connectivity index (χ3v) is 3.31. The molecule has 1 amide bonds. The van der Waals surface area contributed by atoms with Gasteiger partial charge in [-0.2, -0.15) is 5.10 Å². The van der Waals surface area contributed by atoms with E-state index in [0.717, 1.165) is 18.8 Å². The largest absolute Gasteiger partial charge is 0.372 e. The number of amides is 1. The summed E-state index contributed by atoms with van der Waals surface area (Å²) in [6.45, 7) is 9.46. The first-order valence-corrected chi connectivity index (χ1v) is 7.74. The van der Waals surface area contributed by atoms with Crippen LogP contribution in [0.5, 0.6) is 0 Å². The van der Waals surface area contributed by atoms with E-state index in [4.69, 9.17) is 0 Å². The van der Waals surface area contributed by atoms with E-state index >= 15 is 0 Å². The van der Waals surface area contributed by atoms with Gasteiger partial charge in [0.1, 0.15) is 0 Å². The van der Waals surface area contributed by atoms with Crippen LogP contribution in [-0.2, 0) is 4.79 Å². The number of carbonyl (C=O) groups is 1. The number of hydrogen-bond acceptors (Lipinski definition) is 5. The van der Waals surface area contributed by atoms with Gasteiger partial charge < -0.3 is 4.90 Å². The van der Waals surface area contributed by atoms with Gasteiger partial charge in [-0.3, -0.25) is 14.9 Å². The average Bonchev–Trinajstić information content (AvgIpc) is 2.48. The van der Waals surface area contributed by atoms with Gasteiger partial charge in [-0.05, 0) is 25.8 Å². The highest BCUT2D eigenvalue weighted by Gasteiger charge is 2.13. The number of hydrazone groups is 1. The summed E-state index contributed by atoms with van der Waals surface area (Å²) < 4.78 is 0. The van der Waals surface area contributed by atoms with E-state index in [1.165, 1.54) is 18.3 Å². The van der Waals surface area contributed by atoms with Crippen LogP contribution in [0.1, 0.15) is 39.7 Å². The number of non-ortho nitro benzene ring substituents is 1. The normalized spacial score (nSPS) is 11.0. The molecular weight excluding hydrogens is 296 g/mol. The van der Waals surface area contributed by atoms with Gasteiger partial charge in [0.15, 0.2) is 0 Å². The summed E-state index contributed by atoms with van der Waals surface area (Å²) in [6.07, 6.45) is 1.84. The van der Waals surface area contributed by atoms with Crippen LogP contribution >= 0.6 is 0 Å². The molecule has 0 radical (unpaired) electrons. The van der Waals surface area contributed by atoms with Crippen molar-refractivity contribution in [2.45, 2.75) is 34.1 Å². The number of anilines is 1. The summed E-state index contributed by atoms with van der Waals surface area (Å²) in [5, 5.41) is 14.9. The Bertz CT molecular complexity index is 581. The Morgan fingerprint density at radius 2 is 2.04 bits per heavy atom. The molecule has 0 aliphatic carbocycles. The Morgan fingerprint density at radius 3 is 2.57 bits per heavy atom. The number of benzene rings is 1. The van der Waals surface area contributed by atoms with Gasteiger partial charge in [0.05, 0.1) is 11.1 Å². The molecular formula is C16H24N4O3. The smallest absolute Gasteiger partial charge is 0.270 e. The van der Waals surface area contributed by atoms with Crippen molar-refractivity contribution in [3.63, 3.8) is 0 Å². The van der Waals surface area contributed by atoms with E-state index in [-0.39, 0.29) is 17.5 Å². The van der Waals surface area contributed by atoms with Crippen LogP contribution in [0, 0.1) is 16.0 Å². The number of nitro groups is 1. The number of nitro benzene ring substituents is 1. The Balaban J connectivity index is 3.02. The topological polar surface area (TPSA) is 87.8 Å². The number of rotatable bonds is 8. The lowest BCUT2D eigenvalue weighted by atomic mass is 10.1. The van der Waals surface area contributed by atoms with Gasteiger partial charge in [-0.1, -0.05) is 13.8 Å². The van der Waals surface area contributed by atoms with E-state index < -0.39 is 4.92 Å². The zero-order valence-electron chi connectivity index (χ0n) is 14.1. The molecule has 1 N–H and O–H groups in total. The van der Waals surface area contributed by atoms with Gasteiger partial charge in [-0.15, -0.1) is 0 Å². The van der Waals surface area contributed by atoms with Crippen LogP contribution in [0.4, 0.5) is 11.4 Å². The second-order valence-corrected chi connectivity index (χ2v) is 5.56. The highest BCUT2D eigenvalue weighted by atomic mass is 16.6. The molecule has 0 bridgehead atoms. The second kappa shape index (κ2) is 8.87. The molecule has 0 aliphatic rings. The van der Waals surface area contributed by atoms with Gasteiger partial charge in [0.25, 0.3) is 5.69 Å². The molecule has 126 valence electrons. The minimum absolute atomic E-state index is 0.00383. The summed E-state index contributed by atoms with van der Waals surface area (Å²) in [6, 6.07) is 4.65. The molecule has 0 atom stereocenters. The van der Waals surface area contributed by atoms with E-state index in [0.29, 0.717) is 12.0 Å². The monoisotopic (exact) mass is 320 g/mol. The molecule has 1 aromatic rings. The lowest BCUT2D eigenvalue weighted by Gasteiger charge is -2.22. The van der Waals surface area contributed by atoms with Crippen molar-refractivity contribution in [3.8, 4) is 0 Å². The van der Waals surface area contributed by atoms with Crippen molar-refractivity contribution >= 4 is 23.5 Å². The van der Waals surface area contributed by atoms with Crippen LogP contribution in [0.15, 0.2) is 23.3 Å². The molecule has 0 aliphatic heterocycles. The Hall–Kier alpha value is -2.44. The SMILES string of the molecule is CCN(CC)c1ccc([N+](=O)[O-])cc1/C=N\NC(=O)CC(C)C. The maximum absolute atomic E-state index is 11.6. The van der Waals surface area contributed by atoms with Crippen LogP contribution in [-0.4, -0.2) is 30.1 Å². The number of nitrogens with zero attached hydrogens (tertiary/aromatic N) is 3. The van der Waals surface area contributed by atoms with Crippen molar-refractivity contribution < 1.29 is 9.72 Å². The predicted octanol–water partition coefficient (Wildman–Crippen LogP) is 2.94. The molecule has 23 heavy (non-hydrogen) atoms. The number of nitrogens with one attached hydrogen (secondary N) is 1. The maximum Gasteiger partial charge on any atom is 0.270 e. The zero-order chi connectivity index (χ0) is 17.4. The first-order chi connectivity index (χ1) is 10.9. The average molecular weight is 320 g/mol. The first-order valence-electron chi connectivity index (χ1n) is 7.74. The van der Waals surface area contributed by atoms with Crippen molar-refractivity contribution in [2.24, 2.45) is 11.0 Å². The van der Waals surface area contributed by atoms with Gasteiger partial charge >= 0.3 is 0 Å². The minimum atomic E-state index is -0.444. The summed E-state index contributed by atoms with van der Waals surface area (Å²) in [4.78, 5) is 24.2. The van der Waals surface area contributed by atoms with Gasteiger partial charge in [0.2, 0.25) is 5.91 Å². The molecule has 0 saturated carbocycles. The highest BCUT2D eigenvalue weighted by molar-refractivity contribution is 5.90. The maximum atomic E-state index is 11.6. The first kappa shape index (κ1) is 18.6. The van der Waals surface area contributed by atoms with Crippen LogP contribution in [0.2, 0.25) is 0 Å². The van der Waals surface area contributed by atoms with Crippen LogP contribution in [0.25, 0.3) is 0 Å². The summed E-state index contributed by atoms with van der Waals surface area (Å²) >= 11 is 0. The standard InChI is InChI=1S/C16H24N4O3/c1-5-19(6-2)15-8-7-14(20(22)23)10-13(15)11-17-18-16(21)9-12(3)4/h7-8,10-12H,5-6,9H2,1-4H3,(H,18,21)/b17-11-. The lowest BCUT2D eigenvalue weighted by molar-refractivity contribution is -0.384. The Kier molecular flexibility index (Phi) is 7.18. The van der Waals surface area contributed by atoms with Crippen molar-refractivity contribution in [2.75, 3.05) is 18.0 Å². The third-order valence-electron chi connectivity index (χ3n) is 3.31. The number of carbonyl (C=O) groups excluding carboxylic acids is 1. The Morgan fingerprint density at radius 1 is 1.39 bits per heavy atom. The molecule has 1 aromatic carbocycles. The van der Waals surface area contributed by atoms with Crippen molar-refractivity contribution in [1.82, 2.24) is 5.43 Å². The molecule has 7 nitrogen and oxygen atoms in total. The molecule has 0 unspecified atom stereocenters. The van der Waals surface area contributed by atoms with Crippen LogP contribution < -0.4 is 10.3 Å². The van der Waals surface area contributed by atoms with E-state index in [2.05, 4.69) is 15.4 Å². The summed E-state index contributed by atoms with van der Waals surface area (Å²) in [5.41, 5.74) is 3.91. The highest BCUT2D eigenvalue weighted by Crippen LogP contribution is 2.24. The molecule has 0 fully saturated rings. The van der Waals surface area contributed by atoms with Gasteiger partial charge in [0, 0.05) is 42.9 Å². The fraction of sp³-hybridized carbons (Fsp3) is 0.500. The third kappa shape index (κ3) is 5.69. The molecule has 0 heterocycles. The molecule has 0 saturated heterocycles. The van der Waals surface area contributed by atoms with E-state index in [1.54, 1.807) is 6.07 Å². The predicted molar refractivity (Wildman–Crippen MR) is 91.8 cm³/mol. The fourth-order valence-corrected chi connectivity index (χ4v) is 2.20. The molecule has 7 heteroatoms. The Labute approximate surface area is 136 Å². The van der Waals surface area contributed by atoms with E-state index in [1.807, 2.05) is 27.7 Å². The molecule has 0 spiro atoms. The number of hydrogen-bond donors (Lipinski definition) is 1. The van der Waals surface area contributed by atoms with Crippen molar-refractivity contribution in [3.05, 3.63) is 33.9 Å². The van der Waals surface area contributed by atoms with Gasteiger partial charge in [-0.25, -0.2) is 5.43 Å². The second-order valence-electron chi connectivity index (χ2n) is 5.56.